The average molecular weight is 428 g/mol. The quantitative estimate of drug-likeness (QED) is 0.623. The summed E-state index contributed by atoms with van der Waals surface area (Å²) in [4.78, 5) is 15.2. The number of aromatic amines is 1. The summed E-state index contributed by atoms with van der Waals surface area (Å²) >= 11 is 5.30. The van der Waals surface area contributed by atoms with Crippen LogP contribution in [-0.4, -0.2) is 43.2 Å². The first-order chi connectivity index (χ1) is 14.4. The van der Waals surface area contributed by atoms with Crippen LogP contribution in [0.2, 0.25) is 0 Å². The number of likely N-dealkylation sites (tertiary alicyclic amines) is 1. The highest BCUT2D eigenvalue weighted by Crippen LogP contribution is 2.29. The van der Waals surface area contributed by atoms with Crippen molar-refractivity contribution in [1.29, 1.82) is 0 Å². The lowest BCUT2D eigenvalue weighted by atomic mass is 9.95. The van der Waals surface area contributed by atoms with Gasteiger partial charge < -0.3 is 14.0 Å². The van der Waals surface area contributed by atoms with Gasteiger partial charge in [-0.05, 0) is 76.2 Å². The number of nitrogens with zero attached hydrogens (tertiary/aromatic N) is 4. The van der Waals surface area contributed by atoms with Crippen LogP contribution in [0.25, 0.3) is 5.69 Å². The van der Waals surface area contributed by atoms with Gasteiger partial charge in [0.05, 0.1) is 5.56 Å². The fraction of sp³-hybridized carbons (Fsp3) is 0.409. The Kier molecular flexibility index (Phi) is 5.60. The normalized spacial score (nSPS) is 15.0. The highest BCUT2D eigenvalue weighted by molar-refractivity contribution is 7.71. The van der Waals surface area contributed by atoms with Crippen LogP contribution in [0.3, 0.4) is 0 Å². The number of benzene rings is 1. The molecule has 30 heavy (non-hydrogen) atoms. The Morgan fingerprint density at radius 1 is 1.23 bits per heavy atom. The second-order valence-corrected chi connectivity index (χ2v) is 8.18. The molecule has 1 N–H and O–H groups in total. The lowest BCUT2D eigenvalue weighted by Gasteiger charge is -2.31. The fourth-order valence-corrected chi connectivity index (χ4v) is 4.69. The molecule has 0 unspecified atom stereocenters. The van der Waals surface area contributed by atoms with E-state index >= 15 is 0 Å². The summed E-state index contributed by atoms with van der Waals surface area (Å²) in [6.45, 7) is 8.13. The van der Waals surface area contributed by atoms with Crippen molar-refractivity contribution >= 4 is 18.1 Å². The minimum atomic E-state index is -0.273. The molecule has 8 heteroatoms. The van der Waals surface area contributed by atoms with Crippen molar-refractivity contribution in [3.8, 4) is 5.69 Å². The van der Waals surface area contributed by atoms with E-state index < -0.39 is 0 Å². The number of nitrogens with one attached hydrogen (secondary N) is 1. The molecule has 6 nitrogen and oxygen atoms in total. The standard InChI is InChI=1S/C22H26FN5OS/c1-4-27-20(24-25-22(27)30)16-9-11-26(12-10-16)21(29)19-13-14(2)28(15(19)3)18-7-5-17(23)6-8-18/h5-8,13,16H,4,9-12H2,1-3H3,(H,25,30). The highest BCUT2D eigenvalue weighted by Gasteiger charge is 2.29. The van der Waals surface area contributed by atoms with Crippen molar-refractivity contribution in [3.05, 3.63) is 63.7 Å². The van der Waals surface area contributed by atoms with Crippen LogP contribution in [0.1, 0.15) is 53.3 Å². The molecule has 0 aliphatic carbocycles. The molecule has 0 spiro atoms. The van der Waals surface area contributed by atoms with Gasteiger partial charge in [0.15, 0.2) is 4.77 Å². The number of H-pyrrole nitrogens is 1. The molecule has 158 valence electrons. The molecule has 0 atom stereocenters. The maximum atomic E-state index is 13.3. The largest absolute Gasteiger partial charge is 0.339 e. The van der Waals surface area contributed by atoms with Gasteiger partial charge in [-0.15, -0.1) is 0 Å². The van der Waals surface area contributed by atoms with Crippen LogP contribution in [0.5, 0.6) is 0 Å². The first kappa shape index (κ1) is 20.5. The van der Waals surface area contributed by atoms with Crippen LogP contribution < -0.4 is 0 Å². The van der Waals surface area contributed by atoms with E-state index in [9.17, 15) is 9.18 Å². The third kappa shape index (κ3) is 3.60. The Labute approximate surface area is 180 Å². The number of carbonyl (C=O) groups excluding carboxylic acids is 1. The number of piperidine rings is 1. The summed E-state index contributed by atoms with van der Waals surface area (Å²) in [5.41, 5.74) is 3.38. The Morgan fingerprint density at radius 2 is 1.90 bits per heavy atom. The maximum absolute atomic E-state index is 13.3. The van der Waals surface area contributed by atoms with Crippen LogP contribution >= 0.6 is 12.2 Å². The Bertz CT molecular complexity index is 1120. The van der Waals surface area contributed by atoms with E-state index in [0.29, 0.717) is 29.3 Å². The summed E-state index contributed by atoms with van der Waals surface area (Å²) in [5, 5.41) is 7.31. The van der Waals surface area contributed by atoms with Gasteiger partial charge in [0.25, 0.3) is 5.91 Å². The van der Waals surface area contributed by atoms with Gasteiger partial charge in [0, 0.05) is 42.6 Å². The molecule has 0 saturated carbocycles. The molecule has 4 rings (SSSR count). The van der Waals surface area contributed by atoms with E-state index in [1.165, 1.54) is 12.1 Å². The van der Waals surface area contributed by atoms with Crippen LogP contribution in [0.4, 0.5) is 4.39 Å². The number of amides is 1. The summed E-state index contributed by atoms with van der Waals surface area (Å²) in [7, 11) is 0. The SMILES string of the molecule is CCn1c(C2CCN(C(=O)c3cc(C)n(-c4ccc(F)cc4)c3C)CC2)n[nH]c1=S. The molecule has 0 radical (unpaired) electrons. The Hall–Kier alpha value is -2.74. The summed E-state index contributed by atoms with van der Waals surface area (Å²) in [6.07, 6.45) is 1.73. The van der Waals surface area contributed by atoms with Gasteiger partial charge in [-0.2, -0.15) is 5.10 Å². The van der Waals surface area contributed by atoms with Gasteiger partial charge in [-0.1, -0.05) is 0 Å². The van der Waals surface area contributed by atoms with Gasteiger partial charge in [-0.25, -0.2) is 4.39 Å². The minimum absolute atomic E-state index is 0.0456. The molecule has 1 amide bonds. The predicted molar refractivity (Wildman–Crippen MR) is 116 cm³/mol. The fourth-order valence-electron chi connectivity index (χ4n) is 4.43. The number of carbonyl (C=O) groups is 1. The van der Waals surface area contributed by atoms with E-state index in [1.807, 2.05) is 33.9 Å². The van der Waals surface area contributed by atoms with E-state index in [0.717, 1.165) is 42.3 Å². The van der Waals surface area contributed by atoms with Crippen LogP contribution in [0.15, 0.2) is 30.3 Å². The monoisotopic (exact) mass is 427 g/mol. The van der Waals surface area contributed by atoms with Crippen molar-refractivity contribution in [3.63, 3.8) is 0 Å². The Morgan fingerprint density at radius 3 is 2.53 bits per heavy atom. The minimum Gasteiger partial charge on any atom is -0.339 e. The second kappa shape index (κ2) is 8.18. The summed E-state index contributed by atoms with van der Waals surface area (Å²) in [5.74, 6) is 1.06. The topological polar surface area (TPSA) is 58.9 Å². The third-order valence-electron chi connectivity index (χ3n) is 6.00. The smallest absolute Gasteiger partial charge is 0.255 e. The molecule has 1 saturated heterocycles. The third-order valence-corrected chi connectivity index (χ3v) is 6.31. The number of hydrogen-bond acceptors (Lipinski definition) is 3. The van der Waals surface area contributed by atoms with Crippen molar-refractivity contribution in [2.75, 3.05) is 13.1 Å². The van der Waals surface area contributed by atoms with Crippen LogP contribution in [0, 0.1) is 24.4 Å². The summed E-state index contributed by atoms with van der Waals surface area (Å²) in [6, 6.07) is 8.26. The van der Waals surface area contributed by atoms with Crippen molar-refractivity contribution in [1.82, 2.24) is 24.2 Å². The molecular weight excluding hydrogens is 401 g/mol. The zero-order chi connectivity index (χ0) is 21.4. The van der Waals surface area contributed by atoms with E-state index in [2.05, 4.69) is 17.1 Å². The molecular formula is C22H26FN5OS. The lowest BCUT2D eigenvalue weighted by Crippen LogP contribution is -2.38. The highest BCUT2D eigenvalue weighted by atomic mass is 32.1. The molecule has 0 bridgehead atoms. The molecule has 2 aromatic heterocycles. The van der Waals surface area contributed by atoms with Crippen LogP contribution in [-0.2, 0) is 6.54 Å². The number of aromatic nitrogens is 4. The molecule has 1 aliphatic rings. The molecule has 1 aromatic carbocycles. The van der Waals surface area contributed by atoms with Gasteiger partial charge in [-0.3, -0.25) is 9.89 Å². The molecule has 3 aromatic rings. The van der Waals surface area contributed by atoms with Gasteiger partial charge >= 0.3 is 0 Å². The van der Waals surface area contributed by atoms with Crippen molar-refractivity contribution < 1.29 is 9.18 Å². The molecule has 1 fully saturated rings. The number of hydrogen-bond donors (Lipinski definition) is 1. The van der Waals surface area contributed by atoms with E-state index in [-0.39, 0.29) is 11.7 Å². The molecule has 3 heterocycles. The number of rotatable bonds is 4. The zero-order valence-electron chi connectivity index (χ0n) is 17.5. The maximum Gasteiger partial charge on any atom is 0.255 e. The summed E-state index contributed by atoms with van der Waals surface area (Å²) < 4.78 is 18.0. The van der Waals surface area contributed by atoms with Crippen molar-refractivity contribution in [2.24, 2.45) is 0 Å². The second-order valence-electron chi connectivity index (χ2n) is 7.79. The number of halogens is 1. The van der Waals surface area contributed by atoms with Crippen molar-refractivity contribution in [2.45, 2.75) is 46.1 Å². The van der Waals surface area contributed by atoms with Gasteiger partial charge in [0.1, 0.15) is 11.6 Å². The average Bonchev–Trinajstić information content (AvgIpc) is 3.27. The molecule has 1 aliphatic heterocycles. The first-order valence-electron chi connectivity index (χ1n) is 10.3. The predicted octanol–water partition coefficient (Wildman–Crippen LogP) is 4.53. The lowest BCUT2D eigenvalue weighted by molar-refractivity contribution is 0.0709. The van der Waals surface area contributed by atoms with Gasteiger partial charge in [0.2, 0.25) is 0 Å². The van der Waals surface area contributed by atoms with E-state index in [4.69, 9.17) is 12.2 Å². The zero-order valence-corrected chi connectivity index (χ0v) is 18.3. The van der Waals surface area contributed by atoms with E-state index in [1.54, 1.807) is 12.1 Å². The number of aryl methyl sites for hydroxylation is 1. The first-order valence-corrected chi connectivity index (χ1v) is 10.7. The Balaban J connectivity index is 1.51.